The summed E-state index contributed by atoms with van der Waals surface area (Å²) in [5.41, 5.74) is 2.84. The number of rotatable bonds is 7. The third-order valence-electron chi connectivity index (χ3n) is 5.66. The van der Waals surface area contributed by atoms with Gasteiger partial charge in [-0.05, 0) is 36.8 Å². The van der Waals surface area contributed by atoms with Gasteiger partial charge in [-0.1, -0.05) is 62.4 Å². The summed E-state index contributed by atoms with van der Waals surface area (Å²) in [5.74, 6) is -0.376. The molecule has 0 bridgehead atoms. The van der Waals surface area contributed by atoms with Gasteiger partial charge in [0, 0.05) is 46.2 Å². The maximum atomic E-state index is 5.66. The zero-order chi connectivity index (χ0) is 19.5. The number of benzene rings is 1. The molecule has 1 aromatic rings. The molecule has 1 saturated carbocycles. The van der Waals surface area contributed by atoms with Crippen LogP contribution in [-0.2, 0) is 16.0 Å². The van der Waals surface area contributed by atoms with E-state index in [0.717, 1.165) is 38.8 Å². The highest BCUT2D eigenvalue weighted by Gasteiger charge is 2.37. The molecule has 150 valence electrons. The lowest BCUT2D eigenvalue weighted by Gasteiger charge is -2.42. The van der Waals surface area contributed by atoms with Gasteiger partial charge in [0.05, 0.1) is 0 Å². The van der Waals surface area contributed by atoms with E-state index in [0.29, 0.717) is 6.04 Å². The number of allylic oxidation sites excluding steroid dienone is 2. The second-order valence-corrected chi connectivity index (χ2v) is 7.20. The molecular formula is C24H37NO2. The average Bonchev–Trinajstić information content (AvgIpc) is 2.76. The highest BCUT2D eigenvalue weighted by Crippen LogP contribution is 2.35. The van der Waals surface area contributed by atoms with Crippen molar-refractivity contribution in [2.75, 3.05) is 20.8 Å². The Hall–Kier alpha value is -1.42. The lowest BCUT2D eigenvalue weighted by Crippen LogP contribution is -2.45. The van der Waals surface area contributed by atoms with Gasteiger partial charge >= 0.3 is 0 Å². The minimum absolute atomic E-state index is 0.376. The summed E-state index contributed by atoms with van der Waals surface area (Å²) in [6.07, 6.45) is 13.5. The molecule has 1 aromatic carbocycles. The van der Waals surface area contributed by atoms with Gasteiger partial charge in [-0.3, -0.25) is 4.90 Å². The van der Waals surface area contributed by atoms with Crippen LogP contribution in [0, 0.1) is 0 Å². The molecule has 0 aromatic heterocycles. The molecule has 2 aliphatic carbocycles. The van der Waals surface area contributed by atoms with Crippen molar-refractivity contribution in [3.05, 3.63) is 59.7 Å². The maximum absolute atomic E-state index is 5.66. The summed E-state index contributed by atoms with van der Waals surface area (Å²) >= 11 is 0. The topological polar surface area (TPSA) is 21.7 Å². The first-order valence-corrected chi connectivity index (χ1v) is 10.5. The van der Waals surface area contributed by atoms with E-state index in [1.54, 1.807) is 14.2 Å². The molecular weight excluding hydrogens is 334 g/mol. The lowest BCUT2D eigenvalue weighted by molar-refractivity contribution is -0.228. The Morgan fingerprint density at radius 2 is 1.63 bits per heavy atom. The van der Waals surface area contributed by atoms with Gasteiger partial charge in [0.15, 0.2) is 5.79 Å². The fourth-order valence-electron chi connectivity index (χ4n) is 4.05. The number of hydrogen-bond acceptors (Lipinski definition) is 3. The van der Waals surface area contributed by atoms with E-state index in [1.807, 2.05) is 13.8 Å². The first-order valence-electron chi connectivity index (χ1n) is 10.5. The first kappa shape index (κ1) is 21.9. The smallest absolute Gasteiger partial charge is 0.167 e. The van der Waals surface area contributed by atoms with Crippen molar-refractivity contribution in [2.45, 2.75) is 70.7 Å². The molecule has 1 fully saturated rings. The van der Waals surface area contributed by atoms with Crippen LogP contribution in [0.4, 0.5) is 0 Å². The lowest BCUT2D eigenvalue weighted by atomic mass is 9.88. The van der Waals surface area contributed by atoms with E-state index in [4.69, 9.17) is 9.47 Å². The van der Waals surface area contributed by atoms with Crippen molar-refractivity contribution < 1.29 is 9.47 Å². The molecule has 0 aliphatic heterocycles. The number of ether oxygens (including phenoxy) is 2. The van der Waals surface area contributed by atoms with Crippen molar-refractivity contribution in [1.29, 1.82) is 0 Å². The Balaban J connectivity index is 0.00000126. The predicted octanol–water partition coefficient (Wildman–Crippen LogP) is 5.72. The van der Waals surface area contributed by atoms with Gasteiger partial charge < -0.3 is 9.47 Å². The molecule has 27 heavy (non-hydrogen) atoms. The van der Waals surface area contributed by atoms with Crippen LogP contribution in [0.25, 0.3) is 0 Å². The summed E-state index contributed by atoms with van der Waals surface area (Å²) < 4.78 is 11.3. The Bertz CT molecular complexity index is 580. The highest BCUT2D eigenvalue weighted by molar-refractivity contribution is 5.24. The quantitative estimate of drug-likeness (QED) is 0.572. The third kappa shape index (κ3) is 6.31. The van der Waals surface area contributed by atoms with Crippen molar-refractivity contribution in [2.24, 2.45) is 0 Å². The second-order valence-electron chi connectivity index (χ2n) is 7.20. The van der Waals surface area contributed by atoms with E-state index in [-0.39, 0.29) is 5.79 Å². The van der Waals surface area contributed by atoms with Crippen molar-refractivity contribution >= 4 is 0 Å². The zero-order valence-corrected chi connectivity index (χ0v) is 17.6. The van der Waals surface area contributed by atoms with E-state index in [2.05, 4.69) is 53.5 Å². The van der Waals surface area contributed by atoms with E-state index >= 15 is 0 Å². The number of methoxy groups -OCH3 is 2. The summed E-state index contributed by atoms with van der Waals surface area (Å²) in [6.45, 7) is 6.03. The molecule has 0 spiro atoms. The Labute approximate surface area is 166 Å². The minimum atomic E-state index is -0.376. The van der Waals surface area contributed by atoms with Crippen LogP contribution in [-0.4, -0.2) is 37.5 Å². The summed E-state index contributed by atoms with van der Waals surface area (Å²) in [4.78, 5) is 2.64. The standard InChI is InChI=1S/C22H31NO2.C2H6/c1-24-22(25-2)15-13-21(14-16-22)23(17-19-9-5-3-6-10-19)18-20-11-7-4-8-12-20;1-2/h3,5-7,9-12,21H,4,8,13-18H2,1-2H3;1-2H3. The first-order chi connectivity index (χ1) is 13.2. The maximum Gasteiger partial charge on any atom is 0.167 e. The van der Waals surface area contributed by atoms with Crippen LogP contribution in [0.5, 0.6) is 0 Å². The molecule has 2 aliphatic rings. The Kier molecular flexibility index (Phi) is 9.26. The molecule has 0 N–H and O–H groups in total. The molecule has 3 rings (SSSR count). The predicted molar refractivity (Wildman–Crippen MR) is 114 cm³/mol. The van der Waals surface area contributed by atoms with Gasteiger partial charge in [-0.15, -0.1) is 0 Å². The molecule has 3 heteroatoms. The number of nitrogens with zero attached hydrogens (tertiary/aromatic N) is 1. The molecule has 0 unspecified atom stereocenters. The average molecular weight is 372 g/mol. The van der Waals surface area contributed by atoms with Crippen LogP contribution in [0.3, 0.4) is 0 Å². The van der Waals surface area contributed by atoms with Crippen molar-refractivity contribution in [3.8, 4) is 0 Å². The molecule has 0 heterocycles. The van der Waals surface area contributed by atoms with Gasteiger partial charge in [0.2, 0.25) is 0 Å². The monoisotopic (exact) mass is 371 g/mol. The van der Waals surface area contributed by atoms with Crippen LogP contribution in [0.1, 0.15) is 57.9 Å². The van der Waals surface area contributed by atoms with Crippen molar-refractivity contribution in [3.63, 3.8) is 0 Å². The summed E-state index contributed by atoms with van der Waals surface area (Å²) in [5, 5.41) is 0. The zero-order valence-electron chi connectivity index (χ0n) is 17.6. The van der Waals surface area contributed by atoms with Crippen molar-refractivity contribution in [1.82, 2.24) is 4.90 Å². The highest BCUT2D eigenvalue weighted by atomic mass is 16.7. The SMILES string of the molecule is CC.COC1(OC)CCC(N(CC2=CCCC=C2)Cc2ccccc2)CC1. The minimum Gasteiger partial charge on any atom is -0.353 e. The van der Waals surface area contributed by atoms with Gasteiger partial charge in [0.25, 0.3) is 0 Å². The second kappa shape index (κ2) is 11.4. The largest absolute Gasteiger partial charge is 0.353 e. The fraction of sp³-hybridized carbons (Fsp3) is 0.583. The molecule has 0 saturated heterocycles. The van der Waals surface area contributed by atoms with Crippen LogP contribution in [0.15, 0.2) is 54.1 Å². The van der Waals surface area contributed by atoms with Gasteiger partial charge in [-0.2, -0.15) is 0 Å². The summed E-state index contributed by atoms with van der Waals surface area (Å²) in [7, 11) is 3.53. The number of hydrogen-bond donors (Lipinski definition) is 0. The van der Waals surface area contributed by atoms with Gasteiger partial charge in [-0.25, -0.2) is 0 Å². The Morgan fingerprint density at radius 3 is 2.19 bits per heavy atom. The molecule has 0 radical (unpaired) electrons. The van der Waals surface area contributed by atoms with E-state index < -0.39 is 0 Å². The fourth-order valence-corrected chi connectivity index (χ4v) is 4.05. The van der Waals surface area contributed by atoms with E-state index in [1.165, 1.54) is 24.0 Å². The third-order valence-corrected chi connectivity index (χ3v) is 5.66. The van der Waals surface area contributed by atoms with E-state index in [9.17, 15) is 0 Å². The normalized spacial score (nSPS) is 19.4. The van der Waals surface area contributed by atoms with Crippen LogP contribution < -0.4 is 0 Å². The molecule has 0 atom stereocenters. The molecule has 0 amide bonds. The van der Waals surface area contributed by atoms with Crippen LogP contribution in [0.2, 0.25) is 0 Å². The van der Waals surface area contributed by atoms with Crippen LogP contribution >= 0.6 is 0 Å². The summed E-state index contributed by atoms with van der Waals surface area (Å²) in [6, 6.07) is 11.4. The molecule has 3 nitrogen and oxygen atoms in total. The van der Waals surface area contributed by atoms with Gasteiger partial charge in [0.1, 0.15) is 0 Å². The Morgan fingerprint density at radius 1 is 0.963 bits per heavy atom.